The normalized spacial score (nSPS) is 12.4. The number of urea groups is 1. The molecule has 3 amide bonds. The maximum atomic E-state index is 12.8. The second-order valence-electron chi connectivity index (χ2n) is 7.24. The highest BCUT2D eigenvalue weighted by atomic mass is 16.2. The Hall–Kier alpha value is -3.61. The summed E-state index contributed by atoms with van der Waals surface area (Å²) < 4.78 is 1.90. The van der Waals surface area contributed by atoms with Crippen molar-refractivity contribution < 1.29 is 9.59 Å². The highest BCUT2D eigenvalue weighted by molar-refractivity contribution is 5.94. The minimum absolute atomic E-state index is 0.173. The number of carbonyl (C=O) groups excluding carboxylic acids is 2. The third-order valence-corrected chi connectivity index (χ3v) is 5.10. The standard InChI is InChI=1S/C22H23N5O2/c1-14-5-11-17(12-6-14)27-19-4-2-3-18(19)20(26-27)21(28)24-13-15-7-9-16(10-8-15)25-22(23)29/h5-12H,2-4,13H2,1H3,(H,24,28)(H3,23,25,29). The topological polar surface area (TPSA) is 102 Å². The van der Waals surface area contributed by atoms with Gasteiger partial charge in [-0.15, -0.1) is 0 Å². The van der Waals surface area contributed by atoms with E-state index < -0.39 is 6.03 Å². The molecular weight excluding hydrogens is 366 g/mol. The number of nitrogens with two attached hydrogens (primary N) is 1. The number of aryl methyl sites for hydroxylation is 1. The Labute approximate surface area is 168 Å². The average molecular weight is 389 g/mol. The van der Waals surface area contributed by atoms with Crippen LogP contribution in [0.2, 0.25) is 0 Å². The van der Waals surface area contributed by atoms with E-state index in [4.69, 9.17) is 5.73 Å². The van der Waals surface area contributed by atoms with E-state index in [9.17, 15) is 9.59 Å². The first-order valence-corrected chi connectivity index (χ1v) is 9.62. The molecule has 4 rings (SSSR count). The number of benzene rings is 2. The molecule has 0 aliphatic heterocycles. The average Bonchev–Trinajstić information content (AvgIpc) is 3.30. The van der Waals surface area contributed by atoms with Gasteiger partial charge in [-0.05, 0) is 56.0 Å². The Morgan fingerprint density at radius 1 is 1.07 bits per heavy atom. The zero-order valence-electron chi connectivity index (χ0n) is 16.2. The van der Waals surface area contributed by atoms with E-state index in [0.29, 0.717) is 17.9 Å². The molecule has 0 spiro atoms. The fourth-order valence-corrected chi connectivity index (χ4v) is 3.63. The number of fused-ring (bicyclic) bond motifs is 1. The van der Waals surface area contributed by atoms with Crippen molar-refractivity contribution >= 4 is 17.6 Å². The number of aromatic nitrogens is 2. The van der Waals surface area contributed by atoms with E-state index in [1.54, 1.807) is 12.1 Å². The van der Waals surface area contributed by atoms with Gasteiger partial charge >= 0.3 is 6.03 Å². The van der Waals surface area contributed by atoms with Crippen LogP contribution in [0, 0.1) is 6.92 Å². The summed E-state index contributed by atoms with van der Waals surface area (Å²) in [5.74, 6) is -0.173. The van der Waals surface area contributed by atoms with Gasteiger partial charge in [-0.25, -0.2) is 9.48 Å². The SMILES string of the molecule is Cc1ccc(-n2nc(C(=O)NCc3ccc(NC(N)=O)cc3)c3c2CCC3)cc1. The molecule has 0 radical (unpaired) electrons. The molecule has 0 unspecified atom stereocenters. The van der Waals surface area contributed by atoms with E-state index in [0.717, 1.165) is 41.8 Å². The van der Waals surface area contributed by atoms with Crippen molar-refractivity contribution in [1.29, 1.82) is 0 Å². The second-order valence-corrected chi connectivity index (χ2v) is 7.24. The molecule has 148 valence electrons. The fourth-order valence-electron chi connectivity index (χ4n) is 3.63. The van der Waals surface area contributed by atoms with Crippen LogP contribution in [0.25, 0.3) is 5.69 Å². The summed E-state index contributed by atoms with van der Waals surface area (Å²) >= 11 is 0. The molecular formula is C22H23N5O2. The number of rotatable bonds is 5. The molecule has 1 aliphatic carbocycles. The minimum Gasteiger partial charge on any atom is -0.351 e. The first kappa shape index (κ1) is 18.7. The van der Waals surface area contributed by atoms with E-state index in [1.165, 1.54) is 5.56 Å². The lowest BCUT2D eigenvalue weighted by Gasteiger charge is -2.07. The van der Waals surface area contributed by atoms with Gasteiger partial charge in [-0.3, -0.25) is 4.79 Å². The Balaban J connectivity index is 1.50. The molecule has 0 saturated heterocycles. The summed E-state index contributed by atoms with van der Waals surface area (Å²) in [6.45, 7) is 2.43. The summed E-state index contributed by atoms with van der Waals surface area (Å²) in [6, 6.07) is 14.7. The lowest BCUT2D eigenvalue weighted by atomic mass is 10.1. The number of nitrogens with one attached hydrogen (secondary N) is 2. The van der Waals surface area contributed by atoms with Crippen LogP contribution in [-0.4, -0.2) is 21.7 Å². The van der Waals surface area contributed by atoms with E-state index in [2.05, 4.69) is 27.9 Å². The van der Waals surface area contributed by atoms with E-state index in [1.807, 2.05) is 35.9 Å². The van der Waals surface area contributed by atoms with Gasteiger partial charge in [0.15, 0.2) is 5.69 Å². The van der Waals surface area contributed by atoms with Gasteiger partial charge in [0.25, 0.3) is 5.91 Å². The van der Waals surface area contributed by atoms with Gasteiger partial charge < -0.3 is 16.4 Å². The lowest BCUT2D eigenvalue weighted by Crippen LogP contribution is -2.24. The monoisotopic (exact) mass is 389 g/mol. The zero-order chi connectivity index (χ0) is 20.4. The van der Waals surface area contributed by atoms with Crippen molar-refractivity contribution in [3.8, 4) is 5.69 Å². The number of primary amides is 1. The second kappa shape index (κ2) is 7.79. The third kappa shape index (κ3) is 3.99. The molecule has 0 bridgehead atoms. The van der Waals surface area contributed by atoms with Gasteiger partial charge in [-0.2, -0.15) is 5.10 Å². The Kier molecular flexibility index (Phi) is 5.03. The van der Waals surface area contributed by atoms with Crippen LogP contribution < -0.4 is 16.4 Å². The van der Waals surface area contributed by atoms with E-state index >= 15 is 0 Å². The van der Waals surface area contributed by atoms with Crippen LogP contribution in [0.15, 0.2) is 48.5 Å². The van der Waals surface area contributed by atoms with Crippen molar-refractivity contribution in [2.45, 2.75) is 32.7 Å². The molecule has 29 heavy (non-hydrogen) atoms. The Morgan fingerprint density at radius 3 is 2.48 bits per heavy atom. The van der Waals surface area contributed by atoms with Crippen molar-refractivity contribution in [2.75, 3.05) is 5.32 Å². The molecule has 2 aromatic carbocycles. The lowest BCUT2D eigenvalue weighted by molar-refractivity contribution is 0.0944. The smallest absolute Gasteiger partial charge is 0.316 e. The highest BCUT2D eigenvalue weighted by Gasteiger charge is 2.26. The minimum atomic E-state index is -0.607. The number of nitrogens with zero attached hydrogens (tertiary/aromatic N) is 2. The van der Waals surface area contributed by atoms with Gasteiger partial charge in [0.1, 0.15) is 0 Å². The van der Waals surface area contributed by atoms with Crippen molar-refractivity contribution in [3.63, 3.8) is 0 Å². The highest BCUT2D eigenvalue weighted by Crippen LogP contribution is 2.28. The van der Waals surface area contributed by atoms with Crippen LogP contribution >= 0.6 is 0 Å². The quantitative estimate of drug-likeness (QED) is 0.625. The molecule has 3 aromatic rings. The van der Waals surface area contributed by atoms with Crippen LogP contribution in [0.4, 0.5) is 10.5 Å². The van der Waals surface area contributed by atoms with Crippen LogP contribution in [-0.2, 0) is 19.4 Å². The molecule has 7 heteroatoms. The van der Waals surface area contributed by atoms with Gasteiger partial charge in [-0.1, -0.05) is 29.8 Å². The maximum Gasteiger partial charge on any atom is 0.316 e. The number of carbonyl (C=O) groups is 2. The van der Waals surface area contributed by atoms with E-state index in [-0.39, 0.29) is 5.91 Å². The fraction of sp³-hybridized carbons (Fsp3) is 0.227. The van der Waals surface area contributed by atoms with Gasteiger partial charge in [0, 0.05) is 23.5 Å². The molecule has 0 fully saturated rings. The molecule has 4 N–H and O–H groups in total. The predicted octanol–water partition coefficient (Wildman–Crippen LogP) is 3.09. The molecule has 7 nitrogen and oxygen atoms in total. The Morgan fingerprint density at radius 2 is 1.79 bits per heavy atom. The summed E-state index contributed by atoms with van der Waals surface area (Å²) in [6.07, 6.45) is 2.84. The first-order chi connectivity index (χ1) is 14.0. The van der Waals surface area contributed by atoms with Gasteiger partial charge in [0.05, 0.1) is 5.69 Å². The first-order valence-electron chi connectivity index (χ1n) is 9.62. The van der Waals surface area contributed by atoms with Crippen molar-refractivity contribution in [1.82, 2.24) is 15.1 Å². The zero-order valence-corrected chi connectivity index (χ0v) is 16.2. The number of hydrogen-bond acceptors (Lipinski definition) is 3. The molecule has 0 atom stereocenters. The predicted molar refractivity (Wildman–Crippen MR) is 111 cm³/mol. The number of hydrogen-bond donors (Lipinski definition) is 3. The summed E-state index contributed by atoms with van der Waals surface area (Å²) in [7, 11) is 0. The van der Waals surface area contributed by atoms with Crippen LogP contribution in [0.3, 0.4) is 0 Å². The largest absolute Gasteiger partial charge is 0.351 e. The molecule has 1 heterocycles. The van der Waals surface area contributed by atoms with Crippen LogP contribution in [0.5, 0.6) is 0 Å². The Bertz CT molecular complexity index is 1050. The molecule has 1 aliphatic rings. The third-order valence-electron chi connectivity index (χ3n) is 5.10. The van der Waals surface area contributed by atoms with Crippen LogP contribution in [0.1, 0.15) is 39.3 Å². The van der Waals surface area contributed by atoms with Gasteiger partial charge in [0.2, 0.25) is 0 Å². The molecule has 0 saturated carbocycles. The van der Waals surface area contributed by atoms with Crippen molar-refractivity contribution in [2.24, 2.45) is 5.73 Å². The molecule has 1 aromatic heterocycles. The summed E-state index contributed by atoms with van der Waals surface area (Å²) in [5.41, 5.74) is 11.5. The maximum absolute atomic E-state index is 12.8. The summed E-state index contributed by atoms with van der Waals surface area (Å²) in [4.78, 5) is 23.7. The van der Waals surface area contributed by atoms with Crippen molar-refractivity contribution in [3.05, 3.63) is 76.6 Å². The number of anilines is 1. The summed E-state index contributed by atoms with van der Waals surface area (Å²) in [5, 5.41) is 10.1. The number of amides is 3.